The minimum absolute atomic E-state index is 0.0613. The highest BCUT2D eigenvalue weighted by atomic mass is 16.3. The highest BCUT2D eigenvalue weighted by molar-refractivity contribution is 5.79. The highest BCUT2D eigenvalue weighted by Gasteiger charge is 2.47. The van der Waals surface area contributed by atoms with Gasteiger partial charge >= 0.3 is 0 Å². The lowest BCUT2D eigenvalue weighted by Crippen LogP contribution is -2.43. The van der Waals surface area contributed by atoms with Gasteiger partial charge in [-0.2, -0.15) is 5.26 Å². The Balaban J connectivity index is 1.45. The number of carbonyl (C=O) groups excluding carboxylic acids is 1. The highest BCUT2D eigenvalue weighted by Crippen LogP contribution is 2.49. The van der Waals surface area contributed by atoms with Crippen LogP contribution in [0.3, 0.4) is 0 Å². The predicted molar refractivity (Wildman–Crippen MR) is 82.8 cm³/mol. The molecule has 2 aliphatic carbocycles. The van der Waals surface area contributed by atoms with Crippen LogP contribution in [0.2, 0.25) is 0 Å². The van der Waals surface area contributed by atoms with Gasteiger partial charge in [-0.05, 0) is 56.8 Å². The maximum absolute atomic E-state index is 12.2. The van der Waals surface area contributed by atoms with Gasteiger partial charge in [0.1, 0.15) is 6.04 Å². The number of hydrogen-bond donors (Lipinski definition) is 2. The third-order valence-electron chi connectivity index (χ3n) is 6.05. The summed E-state index contributed by atoms with van der Waals surface area (Å²) in [6.07, 6.45) is 6.58. The number of amides is 1. The largest absolute Gasteiger partial charge is 0.390 e. The normalized spacial score (nSPS) is 40.7. The summed E-state index contributed by atoms with van der Waals surface area (Å²) in [5.41, 5.74) is -0.439. The quantitative estimate of drug-likeness (QED) is 0.823. The molecule has 122 valence electrons. The molecule has 5 heteroatoms. The van der Waals surface area contributed by atoms with Crippen LogP contribution in [0.5, 0.6) is 0 Å². The van der Waals surface area contributed by atoms with E-state index < -0.39 is 5.60 Å². The fourth-order valence-electron chi connectivity index (χ4n) is 4.76. The molecule has 0 unspecified atom stereocenters. The molecule has 0 aromatic heterocycles. The van der Waals surface area contributed by atoms with Gasteiger partial charge in [-0.3, -0.25) is 4.79 Å². The molecule has 3 aliphatic rings. The minimum atomic E-state index is -0.439. The standard InChI is InChI=1S/C17H27N3O2/c1-2-17(22)8-12-6-14(7-13(12)9-17)19-11-16(21)20-5-3-4-15(20)10-18/h12-15,19,22H,2-9,11H2,1H3/t12-,13+,14-,15-,17-/m0/s1. The molecule has 5 nitrogen and oxygen atoms in total. The molecule has 3 rings (SSSR count). The van der Waals surface area contributed by atoms with E-state index in [0.29, 0.717) is 24.4 Å². The smallest absolute Gasteiger partial charge is 0.237 e. The summed E-state index contributed by atoms with van der Waals surface area (Å²) < 4.78 is 0. The van der Waals surface area contributed by atoms with Gasteiger partial charge in [-0.1, -0.05) is 6.92 Å². The minimum Gasteiger partial charge on any atom is -0.390 e. The summed E-state index contributed by atoms with van der Waals surface area (Å²) >= 11 is 0. The molecule has 2 saturated carbocycles. The van der Waals surface area contributed by atoms with Crippen LogP contribution in [0.25, 0.3) is 0 Å². The molecular formula is C17H27N3O2. The fraction of sp³-hybridized carbons (Fsp3) is 0.882. The first-order valence-corrected chi connectivity index (χ1v) is 8.69. The second-order valence-corrected chi connectivity index (χ2v) is 7.43. The third-order valence-corrected chi connectivity index (χ3v) is 6.05. The van der Waals surface area contributed by atoms with Crippen LogP contribution in [0.1, 0.15) is 51.9 Å². The molecule has 0 radical (unpaired) electrons. The lowest BCUT2D eigenvalue weighted by atomic mass is 9.94. The Bertz CT molecular complexity index is 459. The average molecular weight is 305 g/mol. The van der Waals surface area contributed by atoms with Crippen LogP contribution in [-0.2, 0) is 4.79 Å². The van der Waals surface area contributed by atoms with E-state index in [2.05, 4.69) is 18.3 Å². The Morgan fingerprint density at radius 2 is 2.09 bits per heavy atom. The Kier molecular flexibility index (Phi) is 4.42. The van der Waals surface area contributed by atoms with Crippen molar-refractivity contribution in [1.82, 2.24) is 10.2 Å². The van der Waals surface area contributed by atoms with Crippen LogP contribution in [0.4, 0.5) is 0 Å². The van der Waals surface area contributed by atoms with Crippen molar-refractivity contribution in [1.29, 1.82) is 5.26 Å². The first-order chi connectivity index (χ1) is 10.5. The number of nitrogens with zero attached hydrogens (tertiary/aromatic N) is 2. The first-order valence-electron chi connectivity index (χ1n) is 8.69. The fourth-order valence-corrected chi connectivity index (χ4v) is 4.76. The molecule has 0 spiro atoms. The zero-order valence-corrected chi connectivity index (χ0v) is 13.4. The van der Waals surface area contributed by atoms with Gasteiger partial charge in [0, 0.05) is 12.6 Å². The zero-order valence-electron chi connectivity index (χ0n) is 13.4. The van der Waals surface area contributed by atoms with Crippen molar-refractivity contribution in [2.24, 2.45) is 11.8 Å². The molecule has 5 atom stereocenters. The molecule has 1 heterocycles. The molecule has 1 saturated heterocycles. The van der Waals surface area contributed by atoms with Gasteiger partial charge in [0.15, 0.2) is 0 Å². The van der Waals surface area contributed by atoms with Crippen LogP contribution in [-0.4, -0.2) is 46.7 Å². The van der Waals surface area contributed by atoms with E-state index in [1.54, 1.807) is 4.90 Å². The van der Waals surface area contributed by atoms with E-state index in [-0.39, 0.29) is 11.9 Å². The van der Waals surface area contributed by atoms with Crippen molar-refractivity contribution in [3.63, 3.8) is 0 Å². The molecule has 3 fully saturated rings. The Morgan fingerprint density at radius 3 is 2.68 bits per heavy atom. The lowest BCUT2D eigenvalue weighted by Gasteiger charge is -2.24. The maximum Gasteiger partial charge on any atom is 0.237 e. The molecule has 1 amide bonds. The summed E-state index contributed by atoms with van der Waals surface area (Å²) in [4.78, 5) is 14.0. The predicted octanol–water partition coefficient (Wildman–Crippen LogP) is 1.42. The van der Waals surface area contributed by atoms with Gasteiger partial charge in [0.25, 0.3) is 0 Å². The molecule has 22 heavy (non-hydrogen) atoms. The maximum atomic E-state index is 12.2. The Labute approximate surface area is 132 Å². The zero-order chi connectivity index (χ0) is 15.7. The SMILES string of the molecule is CC[C@@]1(O)C[C@H]2C[C@@H](NCC(=O)N3CCC[C@H]3C#N)C[C@H]2C1. The number of nitrogens with one attached hydrogen (secondary N) is 1. The van der Waals surface area contributed by atoms with E-state index in [1.807, 2.05) is 0 Å². The molecule has 0 aromatic rings. The van der Waals surface area contributed by atoms with Crippen molar-refractivity contribution in [2.45, 2.75) is 69.6 Å². The number of likely N-dealkylation sites (tertiary alicyclic amines) is 1. The number of rotatable bonds is 4. The van der Waals surface area contributed by atoms with Gasteiger partial charge in [0.2, 0.25) is 5.91 Å². The molecule has 1 aliphatic heterocycles. The summed E-state index contributed by atoms with van der Waals surface area (Å²) in [6.45, 7) is 3.13. The van der Waals surface area contributed by atoms with Gasteiger partial charge in [-0.15, -0.1) is 0 Å². The van der Waals surface area contributed by atoms with Crippen molar-refractivity contribution < 1.29 is 9.90 Å². The van der Waals surface area contributed by atoms with E-state index >= 15 is 0 Å². The van der Waals surface area contributed by atoms with E-state index in [0.717, 1.165) is 51.5 Å². The number of carbonyl (C=O) groups is 1. The molecule has 0 aromatic carbocycles. The Morgan fingerprint density at radius 1 is 1.41 bits per heavy atom. The van der Waals surface area contributed by atoms with E-state index in [9.17, 15) is 9.90 Å². The van der Waals surface area contributed by atoms with Crippen LogP contribution in [0.15, 0.2) is 0 Å². The number of nitriles is 1. The summed E-state index contributed by atoms with van der Waals surface area (Å²) in [6, 6.07) is 2.39. The van der Waals surface area contributed by atoms with Crippen molar-refractivity contribution in [2.75, 3.05) is 13.1 Å². The summed E-state index contributed by atoms with van der Waals surface area (Å²) in [7, 11) is 0. The van der Waals surface area contributed by atoms with Crippen molar-refractivity contribution >= 4 is 5.91 Å². The van der Waals surface area contributed by atoms with Crippen LogP contribution >= 0.6 is 0 Å². The average Bonchev–Trinajstić information content (AvgIpc) is 3.17. The van der Waals surface area contributed by atoms with E-state index in [4.69, 9.17) is 5.26 Å². The monoisotopic (exact) mass is 305 g/mol. The topological polar surface area (TPSA) is 76.4 Å². The number of fused-ring (bicyclic) bond motifs is 1. The second-order valence-electron chi connectivity index (χ2n) is 7.43. The van der Waals surface area contributed by atoms with Crippen molar-refractivity contribution in [3.8, 4) is 6.07 Å². The van der Waals surface area contributed by atoms with Crippen LogP contribution < -0.4 is 5.32 Å². The van der Waals surface area contributed by atoms with Gasteiger partial charge in [0.05, 0.1) is 18.2 Å². The third kappa shape index (κ3) is 3.00. The molecular weight excluding hydrogens is 278 g/mol. The molecule has 0 bridgehead atoms. The Hall–Kier alpha value is -1.12. The lowest BCUT2D eigenvalue weighted by molar-refractivity contribution is -0.130. The number of aliphatic hydroxyl groups is 1. The van der Waals surface area contributed by atoms with Gasteiger partial charge < -0.3 is 15.3 Å². The second kappa shape index (κ2) is 6.17. The van der Waals surface area contributed by atoms with Gasteiger partial charge in [-0.25, -0.2) is 0 Å². The van der Waals surface area contributed by atoms with Crippen LogP contribution in [0, 0.1) is 23.2 Å². The van der Waals surface area contributed by atoms with E-state index in [1.165, 1.54) is 0 Å². The van der Waals surface area contributed by atoms with Crippen molar-refractivity contribution in [3.05, 3.63) is 0 Å². The first kappa shape index (κ1) is 15.8. The molecule has 2 N–H and O–H groups in total. The number of hydrogen-bond acceptors (Lipinski definition) is 4. The summed E-state index contributed by atoms with van der Waals surface area (Å²) in [5, 5.41) is 22.9. The summed E-state index contributed by atoms with van der Waals surface area (Å²) in [5.74, 6) is 1.28.